The van der Waals surface area contributed by atoms with Crippen LogP contribution in [0.15, 0.2) is 134 Å². The third-order valence-electron chi connectivity index (χ3n) is 7.19. The number of ether oxygens (including phenoxy) is 3. The summed E-state index contributed by atoms with van der Waals surface area (Å²) < 4.78 is 17.0. The number of hydrogen-bond acceptors (Lipinski definition) is 5. The van der Waals surface area contributed by atoms with Crippen LogP contribution >= 0.6 is 0 Å². The van der Waals surface area contributed by atoms with E-state index in [0.29, 0.717) is 5.75 Å². The Hall–Kier alpha value is -4.88. The molecule has 0 amide bonds. The molecule has 0 saturated carbocycles. The van der Waals surface area contributed by atoms with Crippen molar-refractivity contribution in [1.29, 1.82) is 0 Å². The van der Waals surface area contributed by atoms with Crippen molar-refractivity contribution in [2.24, 2.45) is 0 Å². The van der Waals surface area contributed by atoms with E-state index in [0.717, 1.165) is 61.4 Å². The fourth-order valence-corrected chi connectivity index (χ4v) is 5.13. The van der Waals surface area contributed by atoms with E-state index < -0.39 is 12.1 Å². The molecule has 1 heterocycles. The van der Waals surface area contributed by atoms with Gasteiger partial charge in [0, 0.05) is 34.0 Å². The molecule has 6 heteroatoms. The summed E-state index contributed by atoms with van der Waals surface area (Å²) in [7, 11) is 0. The van der Waals surface area contributed by atoms with Gasteiger partial charge in [0.05, 0.1) is 0 Å². The van der Waals surface area contributed by atoms with Gasteiger partial charge in [-0.2, -0.15) is 30.3 Å². The van der Waals surface area contributed by atoms with Crippen molar-refractivity contribution in [3.63, 3.8) is 0 Å². The molecule has 6 aromatic rings. The molecule has 7 rings (SSSR count). The van der Waals surface area contributed by atoms with Gasteiger partial charge < -0.3 is 19.3 Å². The number of aliphatic hydroxyl groups is 1. The van der Waals surface area contributed by atoms with E-state index in [1.165, 1.54) is 0 Å². The van der Waals surface area contributed by atoms with Gasteiger partial charge in [-0.3, -0.25) is 0 Å². The van der Waals surface area contributed by atoms with Crippen molar-refractivity contribution >= 4 is 27.5 Å². The minimum absolute atomic E-state index is 0. The van der Waals surface area contributed by atoms with Crippen molar-refractivity contribution < 1.29 is 40.9 Å². The number of rotatable bonds is 3. The zero-order chi connectivity index (χ0) is 29.6. The minimum Gasteiger partial charge on any atom is -0.490 e. The summed E-state index contributed by atoms with van der Waals surface area (Å²) in [5.41, 5.74) is 4.20. The van der Waals surface area contributed by atoms with E-state index in [1.807, 2.05) is 72.8 Å². The Morgan fingerprint density at radius 3 is 1.75 bits per heavy atom. The minimum atomic E-state index is -0.674. The van der Waals surface area contributed by atoms with E-state index in [-0.39, 0.29) is 30.0 Å². The summed E-state index contributed by atoms with van der Waals surface area (Å²) in [5.74, 6) is 1.60. The Labute approximate surface area is 266 Å². The van der Waals surface area contributed by atoms with Gasteiger partial charge in [0.2, 0.25) is 0 Å². The predicted molar refractivity (Wildman–Crippen MR) is 170 cm³/mol. The average Bonchev–Trinajstić information content (AvgIpc) is 3.13. The molecule has 44 heavy (non-hydrogen) atoms. The molecule has 221 valence electrons. The van der Waals surface area contributed by atoms with Crippen LogP contribution in [0.5, 0.6) is 17.2 Å². The second kappa shape index (κ2) is 14.1. The fourth-order valence-electron chi connectivity index (χ4n) is 5.13. The molecule has 0 atom stereocenters. The fraction of sp³-hybridized carbons (Fsp3) is 0.0789. The van der Waals surface area contributed by atoms with Crippen molar-refractivity contribution in [3.05, 3.63) is 140 Å². The molecule has 0 bridgehead atoms. The van der Waals surface area contributed by atoms with Crippen molar-refractivity contribution in [3.8, 4) is 39.5 Å². The third-order valence-corrected chi connectivity index (χ3v) is 7.19. The second-order valence-electron chi connectivity index (χ2n) is 10.0. The summed E-state index contributed by atoms with van der Waals surface area (Å²) >= 11 is 0. The molecule has 6 aromatic carbocycles. The first kappa shape index (κ1) is 30.6. The van der Waals surface area contributed by atoms with Gasteiger partial charge in [-0.1, -0.05) is 79.4 Å². The van der Waals surface area contributed by atoms with Gasteiger partial charge >= 0.3 is 5.97 Å². The smallest absolute Gasteiger partial charge is 0.335 e. The Bertz CT molecular complexity index is 1810. The first-order valence-corrected chi connectivity index (χ1v) is 14.0. The summed E-state index contributed by atoms with van der Waals surface area (Å²) in [4.78, 5) is 11.0. The van der Waals surface area contributed by atoms with Crippen molar-refractivity contribution in [1.82, 2.24) is 0 Å². The van der Waals surface area contributed by atoms with Crippen LogP contribution in [-0.4, -0.2) is 30.4 Å². The van der Waals surface area contributed by atoms with Gasteiger partial charge in [-0.25, -0.2) is 4.79 Å². The Morgan fingerprint density at radius 2 is 1.23 bits per heavy atom. The van der Waals surface area contributed by atoms with Crippen LogP contribution in [0.1, 0.15) is 0 Å². The predicted octanol–water partition coefficient (Wildman–Crippen LogP) is 8.03. The molecule has 1 N–H and O–H groups in total. The van der Waals surface area contributed by atoms with E-state index in [9.17, 15) is 9.90 Å². The normalized spacial score (nSPS) is 12.3. The Balaban J connectivity index is 0.000000187. The number of hydrogen-bond donors (Lipinski definition) is 1. The van der Waals surface area contributed by atoms with Gasteiger partial charge in [-0.15, -0.1) is 5.56 Å². The van der Waals surface area contributed by atoms with Crippen LogP contribution in [0.25, 0.3) is 43.8 Å². The van der Waals surface area contributed by atoms with Crippen LogP contribution in [-0.2, 0) is 21.6 Å². The molecule has 0 unspecified atom stereocenters. The molecule has 5 nitrogen and oxygen atoms in total. The van der Waals surface area contributed by atoms with E-state index in [1.54, 1.807) is 12.1 Å². The maximum absolute atomic E-state index is 11.0. The second-order valence-corrected chi connectivity index (χ2v) is 10.0. The summed E-state index contributed by atoms with van der Waals surface area (Å²) in [6, 6.07) is 42.6. The van der Waals surface area contributed by atoms with Crippen LogP contribution in [0, 0.1) is 6.07 Å². The molecule has 1 aliphatic rings. The van der Waals surface area contributed by atoms with E-state index in [4.69, 9.17) is 14.2 Å². The number of esters is 1. The van der Waals surface area contributed by atoms with Crippen molar-refractivity contribution in [2.45, 2.75) is 6.10 Å². The summed E-state index contributed by atoms with van der Waals surface area (Å²) in [6.45, 7) is 3.76. The van der Waals surface area contributed by atoms with Gasteiger partial charge in [-0.05, 0) is 51.4 Å². The summed E-state index contributed by atoms with van der Waals surface area (Å²) in [5, 5.41) is 14.7. The van der Waals surface area contributed by atoms with Crippen molar-refractivity contribution in [2.75, 3.05) is 13.2 Å². The molecular formula is C38H29CoO5-. The topological polar surface area (TPSA) is 65.0 Å². The van der Waals surface area contributed by atoms with E-state index in [2.05, 4.69) is 49.0 Å². The molecule has 1 aliphatic heterocycles. The quantitative estimate of drug-likeness (QED) is 0.0935. The first-order chi connectivity index (χ1) is 21.1. The van der Waals surface area contributed by atoms with Gasteiger partial charge in [0.25, 0.3) is 0 Å². The number of aliphatic hydroxyl groups excluding tert-OH is 1. The number of carbonyl (C=O) groups excluding carboxylic acids is 1. The molecule has 0 fully saturated rings. The van der Waals surface area contributed by atoms with Gasteiger partial charge in [0.15, 0.2) is 0 Å². The Kier molecular flexibility index (Phi) is 9.77. The third kappa shape index (κ3) is 6.68. The average molecular weight is 625 g/mol. The standard InChI is InChI=1S/C23H18O3.C15H11O2.Co/c24-17-13-25-20-11-9-15-5-1-3-7-18(15)22(20)23-19-8-4-2-6-16(19)10-12-21(23)26-14-17;1-2-15(16)17-14-10-8-13(9-11-14)12-6-4-3-5-7-12;/h1-12,17,24H,13-14H2;2,4-11H,1H2;/q;-1;. The van der Waals surface area contributed by atoms with Gasteiger partial charge in [0.1, 0.15) is 36.6 Å². The number of fused-ring (bicyclic) bond motifs is 7. The zero-order valence-corrected chi connectivity index (χ0v) is 24.8. The van der Waals surface area contributed by atoms with Crippen LogP contribution in [0.4, 0.5) is 0 Å². The molecule has 1 radical (unpaired) electrons. The molecule has 0 aliphatic carbocycles. The maximum Gasteiger partial charge on any atom is 0.335 e. The first-order valence-electron chi connectivity index (χ1n) is 14.0. The molecule has 0 aromatic heterocycles. The SMILES string of the molecule is C=CC(=O)Oc1ccc(-c2cc[c-]cc2)cc1.OC1COc2ccc3ccccc3c2-c2c(ccc3ccccc23)OC1.[Co]. The van der Waals surface area contributed by atoms with E-state index >= 15 is 0 Å². The monoisotopic (exact) mass is 624 g/mol. The van der Waals surface area contributed by atoms with Crippen LogP contribution in [0.3, 0.4) is 0 Å². The largest absolute Gasteiger partial charge is 0.490 e. The Morgan fingerprint density at radius 1 is 0.727 bits per heavy atom. The van der Waals surface area contributed by atoms with Crippen LogP contribution < -0.4 is 14.2 Å². The molecule has 0 saturated heterocycles. The number of benzene rings is 6. The zero-order valence-electron chi connectivity index (χ0n) is 23.7. The molecular weight excluding hydrogens is 595 g/mol. The molecule has 0 spiro atoms. The van der Waals surface area contributed by atoms with Crippen LogP contribution in [0.2, 0.25) is 0 Å². The number of carbonyl (C=O) groups is 1. The maximum atomic E-state index is 11.0. The summed E-state index contributed by atoms with van der Waals surface area (Å²) in [6.07, 6.45) is 0.466.